The van der Waals surface area contributed by atoms with Crippen LogP contribution >= 0.6 is 0 Å². The van der Waals surface area contributed by atoms with E-state index in [2.05, 4.69) is 9.80 Å². The molecule has 0 aromatic heterocycles. The first-order valence-electron chi connectivity index (χ1n) is 5.40. The lowest BCUT2D eigenvalue weighted by Crippen LogP contribution is -2.51. The van der Waals surface area contributed by atoms with Gasteiger partial charge in [0, 0.05) is 39.3 Å². The Bertz CT molecular complexity index is 260. The van der Waals surface area contributed by atoms with E-state index in [0.29, 0.717) is 13.1 Å². The molecule has 0 aromatic carbocycles. The van der Waals surface area contributed by atoms with E-state index in [-0.39, 0.29) is 0 Å². The summed E-state index contributed by atoms with van der Waals surface area (Å²) in [6.07, 6.45) is 0. The summed E-state index contributed by atoms with van der Waals surface area (Å²) in [5.41, 5.74) is 0. The van der Waals surface area contributed by atoms with Crippen molar-refractivity contribution in [3.8, 4) is 0 Å². The molecule has 92 valence electrons. The SMILES string of the molecule is CN(C)CCN1CCN(C(=O)C(=O)O)CC1. The minimum Gasteiger partial charge on any atom is -0.474 e. The van der Waals surface area contributed by atoms with Crippen molar-refractivity contribution in [2.45, 2.75) is 0 Å². The Balaban J connectivity index is 2.28. The fourth-order valence-electron chi connectivity index (χ4n) is 1.65. The molecule has 0 unspecified atom stereocenters. The van der Waals surface area contributed by atoms with E-state index >= 15 is 0 Å². The van der Waals surface area contributed by atoms with Gasteiger partial charge in [0.25, 0.3) is 0 Å². The van der Waals surface area contributed by atoms with Gasteiger partial charge in [0.15, 0.2) is 0 Å². The largest absolute Gasteiger partial charge is 0.474 e. The molecular formula is C10H19N3O3. The van der Waals surface area contributed by atoms with E-state index in [1.54, 1.807) is 0 Å². The first-order valence-corrected chi connectivity index (χ1v) is 5.40. The number of carboxylic acids is 1. The van der Waals surface area contributed by atoms with Crippen LogP contribution in [0.1, 0.15) is 0 Å². The fraction of sp³-hybridized carbons (Fsp3) is 0.800. The highest BCUT2D eigenvalue weighted by Gasteiger charge is 2.25. The van der Waals surface area contributed by atoms with Crippen molar-refractivity contribution >= 4 is 11.9 Å². The number of hydrogen-bond acceptors (Lipinski definition) is 4. The number of piperazine rings is 1. The summed E-state index contributed by atoms with van der Waals surface area (Å²) in [5, 5.41) is 8.56. The van der Waals surface area contributed by atoms with E-state index < -0.39 is 11.9 Å². The van der Waals surface area contributed by atoms with Crippen LogP contribution in [0.25, 0.3) is 0 Å². The van der Waals surface area contributed by atoms with Crippen molar-refractivity contribution in [1.82, 2.24) is 14.7 Å². The normalized spacial score (nSPS) is 17.8. The van der Waals surface area contributed by atoms with E-state index in [4.69, 9.17) is 5.11 Å². The zero-order valence-electron chi connectivity index (χ0n) is 9.85. The highest BCUT2D eigenvalue weighted by atomic mass is 16.4. The minimum atomic E-state index is -1.36. The molecule has 6 heteroatoms. The third-order valence-corrected chi connectivity index (χ3v) is 2.71. The second kappa shape index (κ2) is 5.81. The number of nitrogens with zero attached hydrogens (tertiary/aromatic N) is 3. The maximum Gasteiger partial charge on any atom is 0.394 e. The van der Waals surface area contributed by atoms with Crippen LogP contribution in [-0.2, 0) is 9.59 Å². The van der Waals surface area contributed by atoms with Crippen LogP contribution in [0.3, 0.4) is 0 Å². The zero-order chi connectivity index (χ0) is 12.1. The van der Waals surface area contributed by atoms with Crippen LogP contribution < -0.4 is 0 Å². The maximum atomic E-state index is 11.2. The Labute approximate surface area is 95.4 Å². The molecule has 0 radical (unpaired) electrons. The van der Waals surface area contributed by atoms with Gasteiger partial charge in [-0.2, -0.15) is 0 Å². The number of likely N-dealkylation sites (N-methyl/N-ethyl adjacent to an activating group) is 1. The Kier molecular flexibility index (Phi) is 4.70. The zero-order valence-corrected chi connectivity index (χ0v) is 9.85. The lowest BCUT2D eigenvalue weighted by molar-refractivity contribution is -0.156. The average molecular weight is 229 g/mol. The van der Waals surface area contributed by atoms with Crippen LogP contribution in [0.4, 0.5) is 0 Å². The Morgan fingerprint density at radius 3 is 2.19 bits per heavy atom. The molecule has 0 saturated carbocycles. The Morgan fingerprint density at radius 1 is 1.19 bits per heavy atom. The van der Waals surface area contributed by atoms with E-state index in [1.165, 1.54) is 4.90 Å². The van der Waals surface area contributed by atoms with Crippen molar-refractivity contribution in [1.29, 1.82) is 0 Å². The molecule has 1 heterocycles. The fourth-order valence-corrected chi connectivity index (χ4v) is 1.65. The van der Waals surface area contributed by atoms with Gasteiger partial charge in [-0.3, -0.25) is 9.69 Å². The summed E-state index contributed by atoms with van der Waals surface area (Å²) >= 11 is 0. The van der Waals surface area contributed by atoms with Crippen molar-refractivity contribution in [3.63, 3.8) is 0 Å². The van der Waals surface area contributed by atoms with Gasteiger partial charge in [0.1, 0.15) is 0 Å². The van der Waals surface area contributed by atoms with Gasteiger partial charge < -0.3 is 14.9 Å². The lowest BCUT2D eigenvalue weighted by atomic mass is 10.3. The third kappa shape index (κ3) is 3.79. The molecule has 1 saturated heterocycles. The molecular weight excluding hydrogens is 210 g/mol. The number of rotatable bonds is 3. The van der Waals surface area contributed by atoms with Crippen LogP contribution in [0.2, 0.25) is 0 Å². The molecule has 1 rings (SSSR count). The van der Waals surface area contributed by atoms with Gasteiger partial charge in [0.05, 0.1) is 0 Å². The van der Waals surface area contributed by atoms with E-state index in [0.717, 1.165) is 26.2 Å². The van der Waals surface area contributed by atoms with E-state index in [1.807, 2.05) is 14.1 Å². The molecule has 1 fully saturated rings. The van der Waals surface area contributed by atoms with Crippen LogP contribution in [-0.4, -0.2) is 85.0 Å². The molecule has 6 nitrogen and oxygen atoms in total. The quantitative estimate of drug-likeness (QED) is 0.614. The first kappa shape index (κ1) is 12.9. The molecule has 1 amide bonds. The van der Waals surface area contributed by atoms with Gasteiger partial charge in [-0.15, -0.1) is 0 Å². The summed E-state index contributed by atoms with van der Waals surface area (Å²) in [5.74, 6) is -2.14. The number of hydrogen-bond donors (Lipinski definition) is 1. The molecule has 16 heavy (non-hydrogen) atoms. The summed E-state index contributed by atoms with van der Waals surface area (Å²) in [4.78, 5) is 27.4. The summed E-state index contributed by atoms with van der Waals surface area (Å²) in [6.45, 7) is 4.48. The molecule has 0 aromatic rings. The number of amides is 1. The van der Waals surface area contributed by atoms with Gasteiger partial charge in [-0.05, 0) is 14.1 Å². The maximum absolute atomic E-state index is 11.2. The first-order chi connectivity index (χ1) is 7.50. The van der Waals surface area contributed by atoms with E-state index in [9.17, 15) is 9.59 Å². The number of carbonyl (C=O) groups excluding carboxylic acids is 1. The lowest BCUT2D eigenvalue weighted by Gasteiger charge is -2.34. The van der Waals surface area contributed by atoms with Crippen LogP contribution in [0.5, 0.6) is 0 Å². The summed E-state index contributed by atoms with van der Waals surface area (Å²) < 4.78 is 0. The molecule has 0 bridgehead atoms. The molecule has 1 N–H and O–H groups in total. The second-order valence-corrected chi connectivity index (χ2v) is 4.24. The third-order valence-electron chi connectivity index (χ3n) is 2.71. The Morgan fingerprint density at radius 2 is 1.75 bits per heavy atom. The molecule has 0 aliphatic carbocycles. The standard InChI is InChI=1S/C10H19N3O3/c1-11(2)3-4-12-5-7-13(8-6-12)9(14)10(15)16/h3-8H2,1-2H3,(H,15,16). The molecule has 0 atom stereocenters. The van der Waals surface area contributed by atoms with Gasteiger partial charge in [0.2, 0.25) is 0 Å². The van der Waals surface area contributed by atoms with Gasteiger partial charge >= 0.3 is 11.9 Å². The second-order valence-electron chi connectivity index (χ2n) is 4.24. The van der Waals surface area contributed by atoms with Gasteiger partial charge in [-0.25, -0.2) is 4.79 Å². The summed E-state index contributed by atoms with van der Waals surface area (Å²) in [7, 11) is 4.04. The smallest absolute Gasteiger partial charge is 0.394 e. The molecule has 0 spiro atoms. The molecule has 1 aliphatic heterocycles. The molecule has 1 aliphatic rings. The van der Waals surface area contributed by atoms with Crippen LogP contribution in [0.15, 0.2) is 0 Å². The monoisotopic (exact) mass is 229 g/mol. The Hall–Kier alpha value is -1.14. The van der Waals surface area contributed by atoms with Gasteiger partial charge in [-0.1, -0.05) is 0 Å². The predicted molar refractivity (Wildman–Crippen MR) is 59.2 cm³/mol. The van der Waals surface area contributed by atoms with Crippen molar-refractivity contribution in [3.05, 3.63) is 0 Å². The topological polar surface area (TPSA) is 64.1 Å². The highest BCUT2D eigenvalue weighted by molar-refractivity contribution is 6.31. The highest BCUT2D eigenvalue weighted by Crippen LogP contribution is 2.02. The average Bonchev–Trinajstić information content (AvgIpc) is 2.26. The van der Waals surface area contributed by atoms with Crippen molar-refractivity contribution in [2.75, 3.05) is 53.4 Å². The van der Waals surface area contributed by atoms with Crippen molar-refractivity contribution in [2.24, 2.45) is 0 Å². The number of aliphatic carboxylic acids is 1. The van der Waals surface area contributed by atoms with Crippen LogP contribution in [0, 0.1) is 0 Å². The predicted octanol–water partition coefficient (Wildman–Crippen LogP) is -1.22. The number of carboxylic acid groups (broad SMARTS) is 1. The summed E-state index contributed by atoms with van der Waals surface area (Å²) in [6, 6.07) is 0. The number of carbonyl (C=O) groups is 2. The minimum absolute atomic E-state index is 0.512. The van der Waals surface area contributed by atoms with Crippen molar-refractivity contribution < 1.29 is 14.7 Å².